The number of benzene rings is 1. The van der Waals surface area contributed by atoms with Crippen molar-refractivity contribution in [3.05, 3.63) is 35.1 Å². The Balaban J connectivity index is 1.43. The normalized spacial score (nSPS) is 27.1. The Bertz CT molecular complexity index is 591. The van der Waals surface area contributed by atoms with E-state index in [-0.39, 0.29) is 29.7 Å². The van der Waals surface area contributed by atoms with E-state index in [0.717, 1.165) is 25.7 Å². The lowest BCUT2D eigenvalue weighted by Crippen LogP contribution is -2.45. The van der Waals surface area contributed by atoms with Crippen LogP contribution < -0.4 is 10.6 Å². The van der Waals surface area contributed by atoms with Gasteiger partial charge in [0.15, 0.2) is 5.79 Å². The molecule has 0 radical (unpaired) electrons. The molecule has 118 valence electrons. The molecule has 2 aliphatic heterocycles. The fourth-order valence-electron chi connectivity index (χ4n) is 3.64. The molecular weight excluding hydrogens is 287 g/mol. The lowest BCUT2D eigenvalue weighted by atomic mass is 9.89. The van der Waals surface area contributed by atoms with Gasteiger partial charge in [0.1, 0.15) is 12.0 Å². The van der Waals surface area contributed by atoms with Crippen molar-refractivity contribution in [2.75, 3.05) is 13.2 Å². The second-order valence-corrected chi connectivity index (χ2v) is 6.19. The van der Waals surface area contributed by atoms with Crippen LogP contribution in [-0.2, 0) is 9.47 Å². The van der Waals surface area contributed by atoms with Crippen molar-refractivity contribution in [2.24, 2.45) is 0 Å². The van der Waals surface area contributed by atoms with Crippen LogP contribution >= 0.6 is 0 Å². The monoisotopic (exact) mass is 306 g/mol. The largest absolute Gasteiger partial charge is 0.348 e. The maximum absolute atomic E-state index is 13.4. The molecule has 3 aliphatic rings. The molecule has 22 heavy (non-hydrogen) atoms. The Labute approximate surface area is 128 Å². The van der Waals surface area contributed by atoms with Gasteiger partial charge < -0.3 is 14.8 Å². The highest BCUT2D eigenvalue weighted by Crippen LogP contribution is 2.36. The third kappa shape index (κ3) is 2.41. The molecule has 1 saturated carbocycles. The molecular formula is C16H19FN2O3. The Morgan fingerprint density at radius 2 is 1.95 bits per heavy atom. The Morgan fingerprint density at radius 1 is 1.23 bits per heavy atom. The molecule has 1 saturated heterocycles. The van der Waals surface area contributed by atoms with E-state index in [0.29, 0.717) is 24.3 Å². The quantitative estimate of drug-likeness (QED) is 0.875. The molecule has 2 N–H and O–H groups in total. The van der Waals surface area contributed by atoms with E-state index >= 15 is 0 Å². The van der Waals surface area contributed by atoms with Gasteiger partial charge in [0.2, 0.25) is 0 Å². The summed E-state index contributed by atoms with van der Waals surface area (Å²) in [6.07, 6.45) is 3.21. The van der Waals surface area contributed by atoms with Crippen LogP contribution in [0, 0.1) is 5.82 Å². The fraction of sp³-hybridized carbons (Fsp3) is 0.562. The minimum absolute atomic E-state index is 0.151. The van der Waals surface area contributed by atoms with Crippen LogP contribution in [0.1, 0.15) is 47.8 Å². The number of halogens is 1. The number of rotatable bonds is 2. The summed E-state index contributed by atoms with van der Waals surface area (Å²) in [5.74, 6) is -0.860. The summed E-state index contributed by atoms with van der Waals surface area (Å²) >= 11 is 0. The zero-order valence-corrected chi connectivity index (χ0v) is 12.2. The van der Waals surface area contributed by atoms with Crippen molar-refractivity contribution < 1.29 is 18.7 Å². The molecule has 5 nitrogen and oxygen atoms in total. The lowest BCUT2D eigenvalue weighted by molar-refractivity contribution is -0.179. The highest BCUT2D eigenvalue weighted by molar-refractivity contribution is 5.99. The zero-order chi connectivity index (χ0) is 15.2. The summed E-state index contributed by atoms with van der Waals surface area (Å²) in [7, 11) is 0. The van der Waals surface area contributed by atoms with Gasteiger partial charge in [-0.3, -0.25) is 10.1 Å². The van der Waals surface area contributed by atoms with Gasteiger partial charge in [0, 0.05) is 30.0 Å². The maximum Gasteiger partial charge on any atom is 0.253 e. The standard InChI is InChI=1S/C16H19FN2O3/c17-10-1-2-12-13(9-10)14(19-15(12)20)18-11-3-5-16(6-4-11)21-7-8-22-16/h1-2,9,11,14,18H,3-8H2,(H,19,20). The maximum atomic E-state index is 13.4. The molecule has 2 heterocycles. The van der Waals surface area contributed by atoms with Crippen LogP contribution in [-0.4, -0.2) is 30.9 Å². The number of ether oxygens (including phenoxy) is 2. The van der Waals surface area contributed by atoms with Gasteiger partial charge in [-0.15, -0.1) is 0 Å². The molecule has 1 spiro atoms. The highest BCUT2D eigenvalue weighted by Gasteiger charge is 2.41. The average molecular weight is 306 g/mol. The number of hydrogen-bond donors (Lipinski definition) is 2. The van der Waals surface area contributed by atoms with E-state index < -0.39 is 0 Å². The van der Waals surface area contributed by atoms with Gasteiger partial charge >= 0.3 is 0 Å². The number of carbonyl (C=O) groups is 1. The molecule has 0 bridgehead atoms. The van der Waals surface area contributed by atoms with Crippen LogP contribution in [0.3, 0.4) is 0 Å². The van der Waals surface area contributed by atoms with E-state index in [2.05, 4.69) is 10.6 Å². The summed E-state index contributed by atoms with van der Waals surface area (Å²) in [5.41, 5.74) is 1.24. The molecule has 4 rings (SSSR count). The smallest absolute Gasteiger partial charge is 0.253 e. The fourth-order valence-corrected chi connectivity index (χ4v) is 3.64. The van der Waals surface area contributed by atoms with Crippen LogP contribution in [0.4, 0.5) is 4.39 Å². The lowest BCUT2D eigenvalue weighted by Gasteiger charge is -2.36. The third-order valence-electron chi connectivity index (χ3n) is 4.81. The molecule has 0 aromatic heterocycles. The second-order valence-electron chi connectivity index (χ2n) is 6.19. The van der Waals surface area contributed by atoms with Gasteiger partial charge in [-0.2, -0.15) is 0 Å². The van der Waals surface area contributed by atoms with Gasteiger partial charge in [0.05, 0.1) is 13.2 Å². The first-order valence-electron chi connectivity index (χ1n) is 7.80. The first kappa shape index (κ1) is 14.1. The molecule has 2 fully saturated rings. The van der Waals surface area contributed by atoms with Crippen molar-refractivity contribution in [3.63, 3.8) is 0 Å². The predicted molar refractivity (Wildman–Crippen MR) is 76.6 cm³/mol. The Morgan fingerprint density at radius 3 is 2.68 bits per heavy atom. The van der Waals surface area contributed by atoms with E-state index in [4.69, 9.17) is 9.47 Å². The molecule has 1 atom stereocenters. The van der Waals surface area contributed by atoms with E-state index in [1.54, 1.807) is 0 Å². The first-order valence-corrected chi connectivity index (χ1v) is 7.80. The molecule has 1 unspecified atom stereocenters. The average Bonchev–Trinajstić information content (AvgIpc) is 3.08. The van der Waals surface area contributed by atoms with E-state index in [1.807, 2.05) is 0 Å². The highest BCUT2D eigenvalue weighted by atomic mass is 19.1. The molecule has 6 heteroatoms. The minimum atomic E-state index is -0.388. The molecule has 1 aromatic rings. The van der Waals surface area contributed by atoms with Crippen LogP contribution in [0.2, 0.25) is 0 Å². The Kier molecular flexibility index (Phi) is 3.40. The van der Waals surface area contributed by atoms with Gasteiger partial charge in [-0.05, 0) is 31.0 Å². The molecule has 1 aromatic carbocycles. The number of amides is 1. The van der Waals surface area contributed by atoms with Crippen molar-refractivity contribution in [1.29, 1.82) is 0 Å². The topological polar surface area (TPSA) is 59.6 Å². The van der Waals surface area contributed by atoms with Gasteiger partial charge in [-0.1, -0.05) is 0 Å². The zero-order valence-electron chi connectivity index (χ0n) is 12.2. The summed E-state index contributed by atoms with van der Waals surface area (Å²) in [6, 6.07) is 4.55. The minimum Gasteiger partial charge on any atom is -0.348 e. The number of nitrogens with one attached hydrogen (secondary N) is 2. The summed E-state index contributed by atoms with van der Waals surface area (Å²) in [4.78, 5) is 11.9. The van der Waals surface area contributed by atoms with Gasteiger partial charge in [-0.25, -0.2) is 4.39 Å². The van der Waals surface area contributed by atoms with Crippen molar-refractivity contribution >= 4 is 5.91 Å². The predicted octanol–water partition coefficient (Wildman–Crippen LogP) is 1.84. The molecule has 1 amide bonds. The number of hydrogen-bond acceptors (Lipinski definition) is 4. The van der Waals surface area contributed by atoms with Crippen molar-refractivity contribution in [1.82, 2.24) is 10.6 Å². The van der Waals surface area contributed by atoms with Crippen LogP contribution in [0.5, 0.6) is 0 Å². The first-order chi connectivity index (χ1) is 10.7. The van der Waals surface area contributed by atoms with Crippen LogP contribution in [0.25, 0.3) is 0 Å². The summed E-state index contributed by atoms with van der Waals surface area (Å²) in [5, 5.41) is 6.30. The summed E-state index contributed by atoms with van der Waals surface area (Å²) in [6.45, 7) is 1.34. The number of fused-ring (bicyclic) bond motifs is 1. The number of carbonyl (C=O) groups excluding carboxylic acids is 1. The van der Waals surface area contributed by atoms with E-state index in [1.165, 1.54) is 18.2 Å². The van der Waals surface area contributed by atoms with Crippen molar-refractivity contribution in [3.8, 4) is 0 Å². The SMILES string of the molecule is O=C1NC(NC2CCC3(CC2)OCCO3)c2cc(F)ccc21. The van der Waals surface area contributed by atoms with Crippen molar-refractivity contribution in [2.45, 2.75) is 43.7 Å². The van der Waals surface area contributed by atoms with E-state index in [9.17, 15) is 9.18 Å². The van der Waals surface area contributed by atoms with Gasteiger partial charge in [0.25, 0.3) is 5.91 Å². The second kappa shape index (κ2) is 5.30. The van der Waals surface area contributed by atoms with Crippen LogP contribution in [0.15, 0.2) is 18.2 Å². The third-order valence-corrected chi connectivity index (χ3v) is 4.81. The molecule has 1 aliphatic carbocycles. The summed E-state index contributed by atoms with van der Waals surface area (Å²) < 4.78 is 24.9. The Hall–Kier alpha value is -1.50.